The summed E-state index contributed by atoms with van der Waals surface area (Å²) in [6.07, 6.45) is 4.19. The molecule has 24 heavy (non-hydrogen) atoms. The molecule has 0 aliphatic carbocycles. The van der Waals surface area contributed by atoms with E-state index in [4.69, 9.17) is 0 Å². The summed E-state index contributed by atoms with van der Waals surface area (Å²) < 4.78 is 1.76. The Morgan fingerprint density at radius 3 is 2.79 bits per heavy atom. The number of hydrogen-bond donors (Lipinski definition) is 1. The second-order valence-electron chi connectivity index (χ2n) is 6.15. The summed E-state index contributed by atoms with van der Waals surface area (Å²) >= 11 is 0. The number of aromatic nitrogens is 2. The van der Waals surface area contributed by atoms with E-state index in [1.807, 2.05) is 36.5 Å². The lowest BCUT2D eigenvalue weighted by atomic mass is 10.1. The van der Waals surface area contributed by atoms with Crippen LogP contribution in [0.1, 0.15) is 12.0 Å². The van der Waals surface area contributed by atoms with E-state index in [0.29, 0.717) is 13.1 Å². The van der Waals surface area contributed by atoms with Gasteiger partial charge in [0, 0.05) is 38.6 Å². The van der Waals surface area contributed by atoms with Gasteiger partial charge < -0.3 is 10.0 Å². The molecule has 0 spiro atoms. The summed E-state index contributed by atoms with van der Waals surface area (Å²) in [5, 5.41) is 23.7. The van der Waals surface area contributed by atoms with Crippen molar-refractivity contribution in [2.45, 2.75) is 19.1 Å². The summed E-state index contributed by atoms with van der Waals surface area (Å²) in [6, 6.07) is 11.9. The number of hydrogen-bond acceptors (Lipinski definition) is 5. The zero-order valence-electron chi connectivity index (χ0n) is 13.8. The Morgan fingerprint density at radius 2 is 2.00 bits per heavy atom. The average molecular weight is 325 g/mol. The molecule has 1 aromatic heterocycles. The van der Waals surface area contributed by atoms with Crippen molar-refractivity contribution in [2.24, 2.45) is 0 Å². The number of nitriles is 1. The second kappa shape index (κ2) is 7.95. The fourth-order valence-corrected chi connectivity index (χ4v) is 3.22. The fourth-order valence-electron chi connectivity index (χ4n) is 3.22. The molecule has 0 radical (unpaired) electrons. The van der Waals surface area contributed by atoms with E-state index in [-0.39, 0.29) is 0 Å². The van der Waals surface area contributed by atoms with Gasteiger partial charge in [-0.15, -0.1) is 0 Å². The predicted octanol–water partition coefficient (Wildman–Crippen LogP) is 1.33. The summed E-state index contributed by atoms with van der Waals surface area (Å²) in [5.74, 6) is 0. The largest absolute Gasteiger partial charge is 0.390 e. The van der Waals surface area contributed by atoms with Gasteiger partial charge in [-0.1, -0.05) is 12.1 Å². The van der Waals surface area contributed by atoms with Crippen LogP contribution >= 0.6 is 0 Å². The Labute approximate surface area is 142 Å². The molecule has 6 heteroatoms. The summed E-state index contributed by atoms with van der Waals surface area (Å²) in [7, 11) is 0. The topological polar surface area (TPSA) is 68.3 Å². The number of benzene rings is 1. The normalized spacial score (nSPS) is 17.2. The first-order chi connectivity index (χ1) is 11.8. The monoisotopic (exact) mass is 325 g/mol. The summed E-state index contributed by atoms with van der Waals surface area (Å²) in [6.45, 7) is 4.81. The van der Waals surface area contributed by atoms with Crippen molar-refractivity contribution < 1.29 is 5.11 Å². The molecule has 126 valence electrons. The predicted molar refractivity (Wildman–Crippen MR) is 92.7 cm³/mol. The van der Waals surface area contributed by atoms with Gasteiger partial charge in [0.1, 0.15) is 6.07 Å². The maximum absolute atomic E-state index is 10.3. The van der Waals surface area contributed by atoms with E-state index in [0.717, 1.165) is 43.9 Å². The van der Waals surface area contributed by atoms with E-state index >= 15 is 0 Å². The second-order valence-corrected chi connectivity index (χ2v) is 6.15. The standard InChI is InChI=1S/C18H23N5O/c19-13-16-5-1-2-6-18(16)22-9-4-8-21(11-12-22)14-17(24)15-23-10-3-7-20-23/h1-3,5-7,10,17,24H,4,8-9,11-12,14-15H2/t17-/m1/s1. The number of para-hydroxylation sites is 1. The Balaban J connectivity index is 1.56. The molecule has 1 aliphatic rings. The zero-order valence-corrected chi connectivity index (χ0v) is 13.8. The quantitative estimate of drug-likeness (QED) is 0.898. The van der Waals surface area contributed by atoms with Crippen LogP contribution in [0, 0.1) is 11.3 Å². The van der Waals surface area contributed by atoms with Crippen LogP contribution in [0.5, 0.6) is 0 Å². The van der Waals surface area contributed by atoms with Crippen molar-refractivity contribution in [3.63, 3.8) is 0 Å². The third kappa shape index (κ3) is 4.13. The van der Waals surface area contributed by atoms with Crippen molar-refractivity contribution in [3.8, 4) is 6.07 Å². The molecule has 0 bridgehead atoms. The van der Waals surface area contributed by atoms with Gasteiger partial charge in [-0.3, -0.25) is 9.58 Å². The first-order valence-corrected chi connectivity index (χ1v) is 8.38. The first kappa shape index (κ1) is 16.5. The molecule has 1 atom stereocenters. The van der Waals surface area contributed by atoms with Crippen LogP contribution in [0.25, 0.3) is 0 Å². The van der Waals surface area contributed by atoms with Gasteiger partial charge in [-0.2, -0.15) is 10.4 Å². The molecule has 0 unspecified atom stereocenters. The van der Waals surface area contributed by atoms with Gasteiger partial charge in [0.25, 0.3) is 0 Å². The van der Waals surface area contributed by atoms with Crippen LogP contribution in [-0.4, -0.2) is 58.6 Å². The highest BCUT2D eigenvalue weighted by Crippen LogP contribution is 2.21. The molecule has 2 aromatic rings. The average Bonchev–Trinajstić information content (AvgIpc) is 2.99. The van der Waals surface area contributed by atoms with Crippen molar-refractivity contribution in [1.82, 2.24) is 14.7 Å². The highest BCUT2D eigenvalue weighted by atomic mass is 16.3. The molecule has 0 saturated carbocycles. The lowest BCUT2D eigenvalue weighted by molar-refractivity contribution is 0.0980. The Bertz CT molecular complexity index is 679. The molecule has 1 N–H and O–H groups in total. The van der Waals surface area contributed by atoms with Gasteiger partial charge in [0.15, 0.2) is 0 Å². The molecule has 1 fully saturated rings. The van der Waals surface area contributed by atoms with Crippen molar-refractivity contribution in [1.29, 1.82) is 5.26 Å². The zero-order chi connectivity index (χ0) is 16.8. The number of rotatable bonds is 5. The third-order valence-corrected chi connectivity index (χ3v) is 4.38. The first-order valence-electron chi connectivity index (χ1n) is 8.38. The van der Waals surface area contributed by atoms with E-state index in [1.54, 1.807) is 10.9 Å². The summed E-state index contributed by atoms with van der Waals surface area (Å²) in [5.41, 5.74) is 1.74. The van der Waals surface area contributed by atoms with Crippen LogP contribution in [0.15, 0.2) is 42.7 Å². The maximum atomic E-state index is 10.3. The summed E-state index contributed by atoms with van der Waals surface area (Å²) in [4.78, 5) is 4.57. The van der Waals surface area contributed by atoms with Gasteiger partial charge in [-0.05, 0) is 31.2 Å². The lowest BCUT2D eigenvalue weighted by Crippen LogP contribution is -2.37. The van der Waals surface area contributed by atoms with Crippen LogP contribution in [-0.2, 0) is 6.54 Å². The maximum Gasteiger partial charge on any atom is 0.101 e. The van der Waals surface area contributed by atoms with Crippen LogP contribution in [0.3, 0.4) is 0 Å². The highest BCUT2D eigenvalue weighted by molar-refractivity contribution is 5.59. The van der Waals surface area contributed by atoms with Gasteiger partial charge in [0.2, 0.25) is 0 Å². The van der Waals surface area contributed by atoms with Crippen molar-refractivity contribution >= 4 is 5.69 Å². The molecular formula is C18H23N5O. The Kier molecular flexibility index (Phi) is 5.47. The van der Waals surface area contributed by atoms with Gasteiger partial charge >= 0.3 is 0 Å². The third-order valence-electron chi connectivity index (χ3n) is 4.38. The van der Waals surface area contributed by atoms with Gasteiger partial charge in [-0.25, -0.2) is 0 Å². The minimum absolute atomic E-state index is 0.428. The minimum Gasteiger partial charge on any atom is -0.390 e. The number of anilines is 1. The van der Waals surface area contributed by atoms with Crippen molar-refractivity contribution in [3.05, 3.63) is 48.3 Å². The molecule has 1 aromatic carbocycles. The Hall–Kier alpha value is -2.36. The SMILES string of the molecule is N#Cc1ccccc1N1CCCN(C[C@@H](O)Cn2cccn2)CC1. The van der Waals surface area contributed by atoms with Crippen molar-refractivity contribution in [2.75, 3.05) is 37.6 Å². The molecule has 6 nitrogen and oxygen atoms in total. The number of aliphatic hydroxyl groups is 1. The highest BCUT2D eigenvalue weighted by Gasteiger charge is 2.19. The van der Waals surface area contributed by atoms with Crippen LogP contribution in [0.2, 0.25) is 0 Å². The molecule has 3 rings (SSSR count). The smallest absolute Gasteiger partial charge is 0.101 e. The molecule has 1 saturated heterocycles. The molecule has 0 amide bonds. The molecule has 2 heterocycles. The fraction of sp³-hybridized carbons (Fsp3) is 0.444. The molecule has 1 aliphatic heterocycles. The van der Waals surface area contributed by atoms with Crippen LogP contribution < -0.4 is 4.90 Å². The van der Waals surface area contributed by atoms with E-state index in [2.05, 4.69) is 21.0 Å². The molecular weight excluding hydrogens is 302 g/mol. The number of β-amino-alcohol motifs (C(OH)–C–C–N with tert-alkyl or cyclic N) is 1. The van der Waals surface area contributed by atoms with E-state index in [1.165, 1.54) is 0 Å². The van der Waals surface area contributed by atoms with Gasteiger partial charge in [0.05, 0.1) is 23.9 Å². The number of aliphatic hydroxyl groups excluding tert-OH is 1. The Morgan fingerprint density at radius 1 is 1.12 bits per heavy atom. The van der Waals surface area contributed by atoms with E-state index in [9.17, 15) is 10.4 Å². The van der Waals surface area contributed by atoms with E-state index < -0.39 is 6.10 Å². The lowest BCUT2D eigenvalue weighted by Gasteiger charge is -2.25. The number of nitrogens with zero attached hydrogens (tertiary/aromatic N) is 5. The van der Waals surface area contributed by atoms with Crippen LogP contribution in [0.4, 0.5) is 5.69 Å². The minimum atomic E-state index is -0.428.